The van der Waals surface area contributed by atoms with Gasteiger partial charge in [-0.3, -0.25) is 11.3 Å². The summed E-state index contributed by atoms with van der Waals surface area (Å²) < 4.78 is 1.17. The highest BCUT2D eigenvalue weighted by Gasteiger charge is 2.15. The highest BCUT2D eigenvalue weighted by atomic mass is 79.9. The lowest BCUT2D eigenvalue weighted by atomic mass is 10.1. The van der Waals surface area contributed by atoms with Gasteiger partial charge in [-0.15, -0.1) is 22.7 Å². The van der Waals surface area contributed by atoms with E-state index in [0.717, 1.165) is 6.42 Å². The van der Waals surface area contributed by atoms with E-state index in [0.29, 0.717) is 0 Å². The maximum absolute atomic E-state index is 5.67. The minimum absolute atomic E-state index is 0.206. The summed E-state index contributed by atoms with van der Waals surface area (Å²) >= 11 is 7.07. The molecule has 1 unspecified atom stereocenters. The van der Waals surface area contributed by atoms with Crippen LogP contribution in [0.15, 0.2) is 22.0 Å². The normalized spacial score (nSPS) is 12.9. The molecule has 1 atom stereocenters. The molecular formula is C12H15BrN2S2. The third kappa shape index (κ3) is 3.17. The molecule has 2 aromatic heterocycles. The zero-order valence-electron chi connectivity index (χ0n) is 9.79. The van der Waals surface area contributed by atoms with Crippen LogP contribution in [-0.4, -0.2) is 0 Å². The first-order chi connectivity index (χ1) is 8.10. The summed E-state index contributed by atoms with van der Waals surface area (Å²) in [5.74, 6) is 5.67. The molecule has 0 saturated heterocycles. The first-order valence-electron chi connectivity index (χ1n) is 5.37. The van der Waals surface area contributed by atoms with Gasteiger partial charge in [-0.1, -0.05) is 0 Å². The molecule has 0 aliphatic heterocycles. The second kappa shape index (κ2) is 5.63. The highest BCUT2D eigenvalue weighted by molar-refractivity contribution is 9.11. The zero-order valence-corrected chi connectivity index (χ0v) is 13.0. The van der Waals surface area contributed by atoms with Gasteiger partial charge in [-0.05, 0) is 53.5 Å². The number of nitrogens with two attached hydrogens (primary N) is 1. The highest BCUT2D eigenvalue weighted by Crippen LogP contribution is 2.31. The molecule has 2 rings (SSSR count). The number of thiophene rings is 2. The van der Waals surface area contributed by atoms with Crippen molar-refractivity contribution in [2.45, 2.75) is 26.3 Å². The van der Waals surface area contributed by atoms with Gasteiger partial charge < -0.3 is 0 Å². The largest absolute Gasteiger partial charge is 0.271 e. The van der Waals surface area contributed by atoms with E-state index >= 15 is 0 Å². The van der Waals surface area contributed by atoms with Gasteiger partial charge in [0.1, 0.15) is 0 Å². The molecule has 0 fully saturated rings. The summed E-state index contributed by atoms with van der Waals surface area (Å²) in [6, 6.07) is 6.66. The van der Waals surface area contributed by atoms with Gasteiger partial charge in [0, 0.05) is 21.1 Å². The predicted molar refractivity (Wildman–Crippen MR) is 79.6 cm³/mol. The van der Waals surface area contributed by atoms with Crippen molar-refractivity contribution in [3.8, 4) is 0 Å². The molecule has 2 heterocycles. The lowest BCUT2D eigenvalue weighted by molar-refractivity contribution is 0.564. The lowest BCUT2D eigenvalue weighted by Gasteiger charge is -2.12. The molecular weight excluding hydrogens is 316 g/mol. The van der Waals surface area contributed by atoms with Crippen LogP contribution in [0.5, 0.6) is 0 Å². The molecule has 0 radical (unpaired) electrons. The molecule has 3 N–H and O–H groups in total. The molecule has 0 spiro atoms. The van der Waals surface area contributed by atoms with Crippen molar-refractivity contribution in [2.75, 3.05) is 0 Å². The maximum Gasteiger partial charge on any atom is 0.0701 e. The van der Waals surface area contributed by atoms with Crippen molar-refractivity contribution in [1.29, 1.82) is 0 Å². The molecule has 5 heteroatoms. The molecule has 92 valence electrons. The summed E-state index contributed by atoms with van der Waals surface area (Å²) in [6.07, 6.45) is 0.937. The molecule has 0 bridgehead atoms. The smallest absolute Gasteiger partial charge is 0.0701 e. The van der Waals surface area contributed by atoms with E-state index < -0.39 is 0 Å². The second-order valence-electron chi connectivity index (χ2n) is 4.02. The first kappa shape index (κ1) is 13.2. The molecule has 0 amide bonds. The fraction of sp³-hybridized carbons (Fsp3) is 0.333. The molecule has 0 aromatic carbocycles. The van der Waals surface area contributed by atoms with Crippen LogP contribution in [0.3, 0.4) is 0 Å². The Bertz CT molecular complexity index is 485. The van der Waals surface area contributed by atoms with E-state index in [4.69, 9.17) is 5.84 Å². The van der Waals surface area contributed by atoms with E-state index in [1.54, 1.807) is 11.3 Å². The van der Waals surface area contributed by atoms with Gasteiger partial charge in [-0.25, -0.2) is 0 Å². The van der Waals surface area contributed by atoms with E-state index in [1.165, 1.54) is 24.0 Å². The monoisotopic (exact) mass is 330 g/mol. The average Bonchev–Trinajstić information content (AvgIpc) is 2.83. The fourth-order valence-electron chi connectivity index (χ4n) is 1.68. The molecule has 0 saturated carbocycles. The second-order valence-corrected chi connectivity index (χ2v) is 7.85. The van der Waals surface area contributed by atoms with E-state index in [-0.39, 0.29) is 6.04 Å². The zero-order chi connectivity index (χ0) is 12.4. The van der Waals surface area contributed by atoms with Crippen molar-refractivity contribution in [1.82, 2.24) is 5.43 Å². The minimum atomic E-state index is 0.206. The summed E-state index contributed by atoms with van der Waals surface area (Å²) in [7, 11) is 0. The Labute approximate surface area is 118 Å². The number of hydrazine groups is 1. The number of aryl methyl sites for hydroxylation is 2. The Morgan fingerprint density at radius 3 is 2.59 bits per heavy atom. The summed E-state index contributed by atoms with van der Waals surface area (Å²) in [4.78, 5) is 4.02. The summed E-state index contributed by atoms with van der Waals surface area (Å²) in [6.45, 7) is 4.30. The number of rotatable bonds is 4. The Morgan fingerprint density at radius 2 is 2.12 bits per heavy atom. The Morgan fingerprint density at radius 1 is 1.35 bits per heavy atom. The van der Waals surface area contributed by atoms with E-state index in [1.807, 2.05) is 11.3 Å². The van der Waals surface area contributed by atoms with Gasteiger partial charge >= 0.3 is 0 Å². The fourth-order valence-corrected chi connectivity index (χ4v) is 4.31. The molecule has 2 aromatic rings. The Kier molecular flexibility index (Phi) is 4.38. The van der Waals surface area contributed by atoms with Crippen LogP contribution in [0, 0.1) is 13.8 Å². The molecule has 0 aliphatic rings. The quantitative estimate of drug-likeness (QED) is 0.658. The van der Waals surface area contributed by atoms with Crippen molar-refractivity contribution < 1.29 is 0 Å². The van der Waals surface area contributed by atoms with Crippen LogP contribution >= 0.6 is 38.6 Å². The van der Waals surface area contributed by atoms with Gasteiger partial charge in [0.05, 0.1) is 9.83 Å². The van der Waals surface area contributed by atoms with Gasteiger partial charge in [-0.2, -0.15) is 0 Å². The number of hydrogen-bond donors (Lipinski definition) is 2. The molecule has 0 aliphatic carbocycles. The van der Waals surface area contributed by atoms with Crippen molar-refractivity contribution in [3.05, 3.63) is 42.2 Å². The average molecular weight is 331 g/mol. The van der Waals surface area contributed by atoms with Crippen LogP contribution in [0.2, 0.25) is 0 Å². The standard InChI is InChI=1S/C12H15BrN2S2/c1-7-5-11(16-8(7)2)10(15-14)6-9-3-4-12(13)17-9/h3-5,10,15H,6,14H2,1-2H3. The van der Waals surface area contributed by atoms with Gasteiger partial charge in [0.15, 0.2) is 0 Å². The Balaban J connectivity index is 2.16. The van der Waals surface area contributed by atoms with Crippen LogP contribution < -0.4 is 11.3 Å². The lowest BCUT2D eigenvalue weighted by Crippen LogP contribution is -2.28. The van der Waals surface area contributed by atoms with Crippen LogP contribution in [0.4, 0.5) is 0 Å². The maximum atomic E-state index is 5.67. The number of hydrogen-bond acceptors (Lipinski definition) is 4. The number of halogens is 1. The topological polar surface area (TPSA) is 38.0 Å². The minimum Gasteiger partial charge on any atom is -0.271 e. The molecule has 2 nitrogen and oxygen atoms in total. The van der Waals surface area contributed by atoms with Crippen LogP contribution in [-0.2, 0) is 6.42 Å². The SMILES string of the molecule is Cc1cc(C(Cc2ccc(Br)s2)NN)sc1C. The third-order valence-corrected chi connectivity index (χ3v) is 5.68. The summed E-state index contributed by atoms with van der Waals surface area (Å²) in [5.41, 5.74) is 4.26. The van der Waals surface area contributed by atoms with Crippen molar-refractivity contribution >= 4 is 38.6 Å². The number of nitrogens with one attached hydrogen (secondary N) is 1. The van der Waals surface area contributed by atoms with Crippen molar-refractivity contribution in [2.24, 2.45) is 5.84 Å². The van der Waals surface area contributed by atoms with Crippen molar-refractivity contribution in [3.63, 3.8) is 0 Å². The van der Waals surface area contributed by atoms with Gasteiger partial charge in [0.25, 0.3) is 0 Å². The van der Waals surface area contributed by atoms with Crippen LogP contribution in [0.25, 0.3) is 0 Å². The Hall–Kier alpha value is -0.200. The van der Waals surface area contributed by atoms with Crippen LogP contribution in [0.1, 0.15) is 26.2 Å². The van der Waals surface area contributed by atoms with E-state index in [9.17, 15) is 0 Å². The van der Waals surface area contributed by atoms with E-state index in [2.05, 4.69) is 53.4 Å². The predicted octanol–water partition coefficient (Wildman–Crippen LogP) is 3.94. The van der Waals surface area contributed by atoms with Gasteiger partial charge in [0.2, 0.25) is 0 Å². The summed E-state index contributed by atoms with van der Waals surface area (Å²) in [5, 5.41) is 0. The molecule has 17 heavy (non-hydrogen) atoms. The first-order valence-corrected chi connectivity index (χ1v) is 7.80. The third-order valence-electron chi connectivity index (χ3n) is 2.76.